The van der Waals surface area contributed by atoms with Crippen LogP contribution in [0.3, 0.4) is 0 Å². The summed E-state index contributed by atoms with van der Waals surface area (Å²) < 4.78 is 5.29. The predicted molar refractivity (Wildman–Crippen MR) is 80.5 cm³/mol. The molecule has 0 radical (unpaired) electrons. The maximum atomic E-state index is 5.41. The molecule has 0 unspecified atom stereocenters. The van der Waals surface area contributed by atoms with E-state index in [0.717, 1.165) is 27.7 Å². The van der Waals surface area contributed by atoms with Crippen molar-refractivity contribution in [1.29, 1.82) is 0 Å². The average molecular weight is 285 g/mol. The molecule has 0 bridgehead atoms. The number of ether oxygens (including phenoxy) is 1. The van der Waals surface area contributed by atoms with E-state index in [2.05, 4.69) is 21.8 Å². The molecule has 0 saturated carbocycles. The molecule has 2 aromatic rings. The number of aromatic nitrogens is 2. The van der Waals surface area contributed by atoms with Gasteiger partial charge in [0.15, 0.2) is 0 Å². The zero-order chi connectivity index (χ0) is 14.2. The second kappa shape index (κ2) is 7.53. The molecule has 2 rings (SSSR count). The van der Waals surface area contributed by atoms with Crippen molar-refractivity contribution in [2.75, 3.05) is 13.7 Å². The van der Waals surface area contributed by atoms with Gasteiger partial charge in [0.25, 0.3) is 0 Å². The standard InChI is InChI=1S/C15H15N3OS/c1-19-14-5-4-12(9-13(14)3-2-7-16)10-20-15-6-8-17-11-18-15/h4-6,8-9,11H,7,10,16H2,1H3. The van der Waals surface area contributed by atoms with Crippen LogP contribution >= 0.6 is 11.8 Å². The smallest absolute Gasteiger partial charge is 0.134 e. The molecule has 0 aliphatic rings. The number of nitrogens with zero attached hydrogens (tertiary/aromatic N) is 2. The Morgan fingerprint density at radius 1 is 1.35 bits per heavy atom. The quantitative estimate of drug-likeness (QED) is 0.529. The van der Waals surface area contributed by atoms with Crippen molar-refractivity contribution in [3.05, 3.63) is 47.9 Å². The highest BCUT2D eigenvalue weighted by atomic mass is 32.2. The first-order chi connectivity index (χ1) is 9.83. The number of rotatable bonds is 4. The van der Waals surface area contributed by atoms with E-state index in [1.54, 1.807) is 31.4 Å². The third-order valence-electron chi connectivity index (χ3n) is 2.53. The number of thioether (sulfide) groups is 1. The summed E-state index contributed by atoms with van der Waals surface area (Å²) in [6.45, 7) is 0.336. The third kappa shape index (κ3) is 3.98. The van der Waals surface area contributed by atoms with Crippen molar-refractivity contribution in [2.24, 2.45) is 5.73 Å². The second-order valence-electron chi connectivity index (χ2n) is 3.88. The van der Waals surface area contributed by atoms with E-state index >= 15 is 0 Å². The van der Waals surface area contributed by atoms with E-state index in [9.17, 15) is 0 Å². The van der Waals surface area contributed by atoms with E-state index in [-0.39, 0.29) is 0 Å². The number of nitrogens with two attached hydrogens (primary N) is 1. The van der Waals surface area contributed by atoms with E-state index in [4.69, 9.17) is 10.5 Å². The molecule has 0 spiro atoms. The summed E-state index contributed by atoms with van der Waals surface area (Å²) in [6.07, 6.45) is 3.29. The van der Waals surface area contributed by atoms with E-state index in [1.165, 1.54) is 0 Å². The highest BCUT2D eigenvalue weighted by Crippen LogP contribution is 2.24. The molecule has 1 aromatic heterocycles. The summed E-state index contributed by atoms with van der Waals surface area (Å²) in [5.41, 5.74) is 7.43. The molecule has 1 aromatic carbocycles. The van der Waals surface area contributed by atoms with Gasteiger partial charge in [-0.05, 0) is 23.8 Å². The molecule has 20 heavy (non-hydrogen) atoms. The van der Waals surface area contributed by atoms with Crippen LogP contribution in [0.4, 0.5) is 0 Å². The minimum atomic E-state index is 0.336. The summed E-state index contributed by atoms with van der Waals surface area (Å²) in [5, 5.41) is 0.949. The number of benzene rings is 1. The zero-order valence-electron chi connectivity index (χ0n) is 11.2. The maximum Gasteiger partial charge on any atom is 0.134 e. The van der Waals surface area contributed by atoms with Crippen LogP contribution in [0.5, 0.6) is 5.75 Å². The lowest BCUT2D eigenvalue weighted by atomic mass is 10.1. The number of hydrogen-bond acceptors (Lipinski definition) is 5. The SMILES string of the molecule is COc1ccc(CSc2ccncn2)cc1C#CCN. The van der Waals surface area contributed by atoms with Crippen LogP contribution in [0.25, 0.3) is 0 Å². The normalized spacial score (nSPS) is 9.70. The topological polar surface area (TPSA) is 61.0 Å². The summed E-state index contributed by atoms with van der Waals surface area (Å²) in [5.74, 6) is 7.46. The van der Waals surface area contributed by atoms with Gasteiger partial charge in [-0.3, -0.25) is 0 Å². The monoisotopic (exact) mass is 285 g/mol. The summed E-state index contributed by atoms with van der Waals surface area (Å²) in [7, 11) is 1.64. The van der Waals surface area contributed by atoms with Crippen molar-refractivity contribution in [2.45, 2.75) is 10.8 Å². The van der Waals surface area contributed by atoms with Gasteiger partial charge in [-0.2, -0.15) is 0 Å². The first-order valence-electron chi connectivity index (χ1n) is 6.08. The molecular weight excluding hydrogens is 270 g/mol. The Morgan fingerprint density at radius 3 is 2.95 bits per heavy atom. The lowest BCUT2D eigenvalue weighted by molar-refractivity contribution is 0.413. The fraction of sp³-hybridized carbons (Fsp3) is 0.200. The molecule has 0 amide bonds. The van der Waals surface area contributed by atoms with Crippen molar-refractivity contribution >= 4 is 11.8 Å². The van der Waals surface area contributed by atoms with Gasteiger partial charge in [0.05, 0.1) is 24.2 Å². The Bertz CT molecular complexity index is 620. The maximum absolute atomic E-state index is 5.41. The first kappa shape index (κ1) is 14.4. The second-order valence-corrected chi connectivity index (χ2v) is 4.87. The van der Waals surface area contributed by atoms with Crippen LogP contribution in [0.15, 0.2) is 41.8 Å². The van der Waals surface area contributed by atoms with Crippen LogP contribution in [-0.2, 0) is 5.75 Å². The Labute approximate surface area is 122 Å². The zero-order valence-corrected chi connectivity index (χ0v) is 12.0. The largest absolute Gasteiger partial charge is 0.495 e. The van der Waals surface area contributed by atoms with Gasteiger partial charge in [-0.1, -0.05) is 17.9 Å². The van der Waals surface area contributed by atoms with Crippen molar-refractivity contribution < 1.29 is 4.74 Å². The van der Waals surface area contributed by atoms with Crippen LogP contribution in [0, 0.1) is 11.8 Å². The summed E-state index contributed by atoms with van der Waals surface area (Å²) in [4.78, 5) is 8.08. The molecule has 5 heteroatoms. The van der Waals surface area contributed by atoms with Gasteiger partial charge in [0.1, 0.15) is 12.1 Å². The molecule has 0 atom stereocenters. The van der Waals surface area contributed by atoms with Gasteiger partial charge in [-0.15, -0.1) is 11.8 Å². The Kier molecular flexibility index (Phi) is 5.42. The van der Waals surface area contributed by atoms with E-state index < -0.39 is 0 Å². The lowest BCUT2D eigenvalue weighted by Gasteiger charge is -2.06. The molecule has 2 N–H and O–H groups in total. The van der Waals surface area contributed by atoms with Gasteiger partial charge < -0.3 is 10.5 Å². The Balaban J connectivity index is 2.12. The highest BCUT2D eigenvalue weighted by Gasteiger charge is 2.03. The van der Waals surface area contributed by atoms with Gasteiger partial charge >= 0.3 is 0 Å². The number of hydrogen-bond donors (Lipinski definition) is 1. The fourth-order valence-electron chi connectivity index (χ4n) is 1.61. The van der Waals surface area contributed by atoms with Gasteiger partial charge in [-0.25, -0.2) is 9.97 Å². The van der Waals surface area contributed by atoms with Crippen molar-refractivity contribution in [1.82, 2.24) is 9.97 Å². The molecule has 0 aliphatic heterocycles. The molecule has 0 fully saturated rings. The minimum absolute atomic E-state index is 0.336. The molecule has 102 valence electrons. The highest BCUT2D eigenvalue weighted by molar-refractivity contribution is 7.98. The molecule has 4 nitrogen and oxygen atoms in total. The fourth-order valence-corrected chi connectivity index (χ4v) is 2.38. The van der Waals surface area contributed by atoms with Crippen LogP contribution in [-0.4, -0.2) is 23.6 Å². The lowest BCUT2D eigenvalue weighted by Crippen LogP contribution is -1.95. The van der Waals surface area contributed by atoms with E-state index in [0.29, 0.717) is 6.54 Å². The first-order valence-corrected chi connectivity index (χ1v) is 7.06. The Morgan fingerprint density at radius 2 is 2.25 bits per heavy atom. The molecule has 0 aliphatic carbocycles. The minimum Gasteiger partial charge on any atom is -0.495 e. The predicted octanol–water partition coefficient (Wildman–Crippen LogP) is 2.09. The third-order valence-corrected chi connectivity index (χ3v) is 3.55. The molecular formula is C15H15N3OS. The van der Waals surface area contributed by atoms with Crippen LogP contribution in [0.1, 0.15) is 11.1 Å². The average Bonchev–Trinajstić information content (AvgIpc) is 2.52. The van der Waals surface area contributed by atoms with Crippen LogP contribution < -0.4 is 10.5 Å². The summed E-state index contributed by atoms with van der Waals surface area (Å²) >= 11 is 1.65. The molecule has 1 heterocycles. The van der Waals surface area contributed by atoms with Crippen molar-refractivity contribution in [3.8, 4) is 17.6 Å². The van der Waals surface area contributed by atoms with Gasteiger partial charge in [0.2, 0.25) is 0 Å². The molecule has 0 saturated heterocycles. The van der Waals surface area contributed by atoms with Gasteiger partial charge in [0, 0.05) is 11.9 Å². The van der Waals surface area contributed by atoms with E-state index in [1.807, 2.05) is 24.3 Å². The summed E-state index contributed by atoms with van der Waals surface area (Å²) in [6, 6.07) is 7.87. The van der Waals surface area contributed by atoms with Crippen molar-refractivity contribution in [3.63, 3.8) is 0 Å². The Hall–Kier alpha value is -2.03. The number of methoxy groups -OCH3 is 1. The van der Waals surface area contributed by atoms with Crippen LogP contribution in [0.2, 0.25) is 0 Å².